The topological polar surface area (TPSA) is 44.1 Å². The van der Waals surface area contributed by atoms with Crippen LogP contribution in [0, 0.1) is 5.82 Å². The monoisotopic (exact) mass is 262 g/mol. The molecule has 2 rings (SSSR count). The van der Waals surface area contributed by atoms with Gasteiger partial charge in [0.05, 0.1) is 18.0 Å². The third-order valence-electron chi connectivity index (χ3n) is 2.68. The zero-order chi connectivity index (χ0) is 13.8. The van der Waals surface area contributed by atoms with Gasteiger partial charge in [0.2, 0.25) is 0 Å². The minimum Gasteiger partial charge on any atom is -0.461 e. The minimum atomic E-state index is -0.431. The maximum Gasteiger partial charge on any atom is 0.357 e. The average Bonchev–Trinajstić information content (AvgIpc) is 2.84. The van der Waals surface area contributed by atoms with Gasteiger partial charge in [-0.1, -0.05) is 6.92 Å². The van der Waals surface area contributed by atoms with Gasteiger partial charge in [-0.15, -0.1) is 0 Å². The Morgan fingerprint density at radius 1 is 1.32 bits per heavy atom. The lowest BCUT2D eigenvalue weighted by Crippen LogP contribution is -2.11. The standard InChI is InChI=1S/C14H15FN2O2/c1-3-11-9-13(14(18)19-4-2)17(16-11)12-7-5-10(15)6-8-12/h5-9H,3-4H2,1-2H3. The number of esters is 1. The SMILES string of the molecule is CCOC(=O)c1cc(CC)nn1-c1ccc(F)cc1. The highest BCUT2D eigenvalue weighted by molar-refractivity contribution is 5.88. The van der Waals surface area contributed by atoms with Crippen molar-refractivity contribution >= 4 is 5.97 Å². The molecule has 1 heterocycles. The first-order valence-electron chi connectivity index (χ1n) is 6.17. The summed E-state index contributed by atoms with van der Waals surface area (Å²) in [6.07, 6.45) is 0.709. The summed E-state index contributed by atoms with van der Waals surface area (Å²) < 4.78 is 19.4. The Hall–Kier alpha value is -2.17. The lowest BCUT2D eigenvalue weighted by molar-refractivity contribution is 0.0515. The van der Waals surface area contributed by atoms with Crippen LogP contribution >= 0.6 is 0 Å². The maximum atomic E-state index is 12.9. The van der Waals surface area contributed by atoms with Crippen LogP contribution in [0.15, 0.2) is 30.3 Å². The summed E-state index contributed by atoms with van der Waals surface area (Å²) in [5, 5.41) is 4.33. The zero-order valence-corrected chi connectivity index (χ0v) is 10.9. The van der Waals surface area contributed by atoms with Gasteiger partial charge in [0.1, 0.15) is 5.82 Å². The second-order valence-corrected chi connectivity index (χ2v) is 3.98. The van der Waals surface area contributed by atoms with Crippen LogP contribution in [0.1, 0.15) is 30.0 Å². The molecule has 0 saturated heterocycles. The van der Waals surface area contributed by atoms with E-state index in [1.54, 1.807) is 25.1 Å². The number of ether oxygens (including phenoxy) is 1. The van der Waals surface area contributed by atoms with Crippen molar-refractivity contribution in [3.63, 3.8) is 0 Å². The Morgan fingerprint density at radius 3 is 2.58 bits per heavy atom. The van der Waals surface area contributed by atoms with Crippen LogP contribution in [0.5, 0.6) is 0 Å². The molecule has 0 atom stereocenters. The van der Waals surface area contributed by atoms with Crippen LogP contribution in [0.4, 0.5) is 4.39 Å². The van der Waals surface area contributed by atoms with E-state index in [0.717, 1.165) is 5.69 Å². The molecule has 1 aromatic heterocycles. The van der Waals surface area contributed by atoms with E-state index in [0.29, 0.717) is 24.4 Å². The first kappa shape index (κ1) is 13.3. The highest BCUT2D eigenvalue weighted by Gasteiger charge is 2.17. The van der Waals surface area contributed by atoms with Crippen LogP contribution in [0.25, 0.3) is 5.69 Å². The van der Waals surface area contributed by atoms with E-state index in [1.165, 1.54) is 16.8 Å². The molecule has 0 aliphatic rings. The summed E-state index contributed by atoms with van der Waals surface area (Å²) in [6.45, 7) is 4.00. The molecule has 5 heteroatoms. The summed E-state index contributed by atoms with van der Waals surface area (Å²) in [4.78, 5) is 11.9. The van der Waals surface area contributed by atoms with Crippen molar-refractivity contribution in [1.82, 2.24) is 9.78 Å². The van der Waals surface area contributed by atoms with E-state index < -0.39 is 5.97 Å². The van der Waals surface area contributed by atoms with Gasteiger partial charge in [-0.3, -0.25) is 0 Å². The van der Waals surface area contributed by atoms with Gasteiger partial charge >= 0.3 is 5.97 Å². The Morgan fingerprint density at radius 2 is 2.00 bits per heavy atom. The first-order chi connectivity index (χ1) is 9.15. The number of rotatable bonds is 4. The Bertz CT molecular complexity index is 576. The van der Waals surface area contributed by atoms with Crippen LogP contribution in [-0.2, 0) is 11.2 Å². The van der Waals surface area contributed by atoms with Crippen molar-refractivity contribution in [2.24, 2.45) is 0 Å². The molecule has 0 fully saturated rings. The maximum absolute atomic E-state index is 12.9. The molecule has 0 amide bonds. The summed E-state index contributed by atoms with van der Waals surface area (Å²) in [7, 11) is 0. The molecule has 100 valence electrons. The number of nitrogens with zero attached hydrogens (tertiary/aromatic N) is 2. The molecule has 0 aliphatic carbocycles. The van der Waals surface area contributed by atoms with Gasteiger partial charge in [-0.2, -0.15) is 5.10 Å². The molecule has 0 spiro atoms. The minimum absolute atomic E-state index is 0.300. The first-order valence-corrected chi connectivity index (χ1v) is 6.17. The van der Waals surface area contributed by atoms with Crippen LogP contribution < -0.4 is 0 Å². The Labute approximate surface area is 110 Å². The van der Waals surface area contributed by atoms with E-state index in [9.17, 15) is 9.18 Å². The van der Waals surface area contributed by atoms with E-state index in [1.807, 2.05) is 6.92 Å². The summed E-state index contributed by atoms with van der Waals surface area (Å²) >= 11 is 0. The fraction of sp³-hybridized carbons (Fsp3) is 0.286. The third kappa shape index (κ3) is 2.81. The summed E-state index contributed by atoms with van der Waals surface area (Å²) in [6, 6.07) is 7.51. The highest BCUT2D eigenvalue weighted by atomic mass is 19.1. The average molecular weight is 262 g/mol. The van der Waals surface area contributed by atoms with E-state index in [2.05, 4.69) is 5.10 Å². The molecule has 0 radical (unpaired) electrons. The molecular formula is C14H15FN2O2. The van der Waals surface area contributed by atoms with Crippen molar-refractivity contribution < 1.29 is 13.9 Å². The van der Waals surface area contributed by atoms with Crippen molar-refractivity contribution in [3.8, 4) is 5.69 Å². The molecule has 0 N–H and O–H groups in total. The van der Waals surface area contributed by atoms with Gasteiger partial charge in [-0.05, 0) is 43.7 Å². The molecule has 2 aromatic rings. The highest BCUT2D eigenvalue weighted by Crippen LogP contribution is 2.15. The third-order valence-corrected chi connectivity index (χ3v) is 2.68. The quantitative estimate of drug-likeness (QED) is 0.796. The van der Waals surface area contributed by atoms with Gasteiger partial charge in [0.25, 0.3) is 0 Å². The fourth-order valence-corrected chi connectivity index (χ4v) is 1.73. The molecule has 1 aromatic carbocycles. The van der Waals surface area contributed by atoms with Gasteiger partial charge in [0.15, 0.2) is 5.69 Å². The molecule has 0 aliphatic heterocycles. The zero-order valence-electron chi connectivity index (χ0n) is 10.9. The molecule has 0 unspecified atom stereocenters. The number of carbonyl (C=O) groups excluding carboxylic acids is 1. The Kier molecular flexibility index (Phi) is 3.94. The second kappa shape index (κ2) is 5.65. The lowest BCUT2D eigenvalue weighted by atomic mass is 10.3. The van der Waals surface area contributed by atoms with Crippen molar-refractivity contribution in [2.75, 3.05) is 6.61 Å². The molecule has 4 nitrogen and oxygen atoms in total. The molecule has 0 saturated carbocycles. The molecular weight excluding hydrogens is 247 g/mol. The number of benzene rings is 1. The van der Waals surface area contributed by atoms with Crippen molar-refractivity contribution in [1.29, 1.82) is 0 Å². The van der Waals surface area contributed by atoms with E-state index in [4.69, 9.17) is 4.74 Å². The van der Waals surface area contributed by atoms with Gasteiger partial charge < -0.3 is 4.74 Å². The van der Waals surface area contributed by atoms with Crippen molar-refractivity contribution in [3.05, 3.63) is 47.5 Å². The number of halogens is 1. The number of hydrogen-bond acceptors (Lipinski definition) is 3. The largest absolute Gasteiger partial charge is 0.461 e. The smallest absolute Gasteiger partial charge is 0.357 e. The molecule has 0 bridgehead atoms. The fourth-order valence-electron chi connectivity index (χ4n) is 1.73. The summed E-state index contributed by atoms with van der Waals surface area (Å²) in [5.41, 5.74) is 1.77. The lowest BCUT2D eigenvalue weighted by Gasteiger charge is -2.06. The van der Waals surface area contributed by atoms with Crippen LogP contribution in [-0.4, -0.2) is 22.4 Å². The Balaban J connectivity index is 2.46. The van der Waals surface area contributed by atoms with Crippen molar-refractivity contribution in [2.45, 2.75) is 20.3 Å². The van der Waals surface area contributed by atoms with Gasteiger partial charge in [0, 0.05) is 0 Å². The van der Waals surface area contributed by atoms with Gasteiger partial charge in [-0.25, -0.2) is 13.9 Å². The predicted octanol–water partition coefficient (Wildman–Crippen LogP) is 2.75. The van der Waals surface area contributed by atoms with Crippen LogP contribution in [0.2, 0.25) is 0 Å². The van der Waals surface area contributed by atoms with Crippen LogP contribution in [0.3, 0.4) is 0 Å². The number of aryl methyl sites for hydroxylation is 1. The van der Waals surface area contributed by atoms with E-state index in [-0.39, 0.29) is 5.82 Å². The number of hydrogen-bond donors (Lipinski definition) is 0. The number of carbonyl (C=O) groups is 1. The summed E-state index contributed by atoms with van der Waals surface area (Å²) in [5.74, 6) is -0.761. The normalized spacial score (nSPS) is 10.5. The molecule has 19 heavy (non-hydrogen) atoms. The predicted molar refractivity (Wildman–Crippen MR) is 68.9 cm³/mol. The number of aromatic nitrogens is 2. The van der Waals surface area contributed by atoms with E-state index >= 15 is 0 Å². The second-order valence-electron chi connectivity index (χ2n) is 3.98.